The summed E-state index contributed by atoms with van der Waals surface area (Å²) < 4.78 is 0. The molecular weight excluding hydrogens is 258 g/mol. The van der Waals surface area contributed by atoms with Crippen LogP contribution >= 0.6 is 0 Å². The third kappa shape index (κ3) is 9.28. The Balaban J connectivity index is 1.89. The predicted octanol–water partition coefficient (Wildman–Crippen LogP) is 5.48. The van der Waals surface area contributed by atoms with Crippen LogP contribution in [0.3, 0.4) is 0 Å². The number of carbonyl (C=O) groups excluding carboxylic acids is 1. The highest BCUT2D eigenvalue weighted by atomic mass is 16.1. The molecule has 0 heterocycles. The fourth-order valence-corrected chi connectivity index (χ4v) is 2.50. The maximum absolute atomic E-state index is 10.4. The monoisotopic (exact) mass is 288 g/mol. The largest absolute Gasteiger partial charge is 0.385 e. The van der Waals surface area contributed by atoms with Crippen LogP contribution in [0, 0.1) is 0 Å². The van der Waals surface area contributed by atoms with Gasteiger partial charge in [0.2, 0.25) is 6.29 Å². The van der Waals surface area contributed by atoms with Crippen molar-refractivity contribution in [3.63, 3.8) is 0 Å². The molecule has 0 aliphatic heterocycles. The van der Waals surface area contributed by atoms with E-state index in [0.717, 1.165) is 12.2 Å². The molecule has 0 unspecified atom stereocenters. The second-order valence-corrected chi connectivity index (χ2v) is 5.79. The number of anilines is 1. The van der Waals surface area contributed by atoms with Crippen molar-refractivity contribution in [3.8, 4) is 0 Å². The van der Waals surface area contributed by atoms with Crippen LogP contribution in [0.1, 0.15) is 76.7 Å². The SMILES string of the molecule is CCCCCCCCCCCCNc1ccc([C]=O)cc1. The fraction of sp³-hybridized carbons (Fsp3) is 0.632. The van der Waals surface area contributed by atoms with Gasteiger partial charge < -0.3 is 5.32 Å². The van der Waals surface area contributed by atoms with Crippen molar-refractivity contribution in [2.24, 2.45) is 0 Å². The Morgan fingerprint density at radius 3 is 1.86 bits per heavy atom. The first kappa shape index (κ1) is 17.7. The summed E-state index contributed by atoms with van der Waals surface area (Å²) in [6, 6.07) is 7.48. The first-order chi connectivity index (χ1) is 10.4. The van der Waals surface area contributed by atoms with Crippen molar-refractivity contribution in [3.05, 3.63) is 29.8 Å². The summed E-state index contributed by atoms with van der Waals surface area (Å²) >= 11 is 0. The van der Waals surface area contributed by atoms with Crippen LogP contribution in [-0.2, 0) is 4.79 Å². The second-order valence-electron chi connectivity index (χ2n) is 5.79. The highest BCUT2D eigenvalue weighted by molar-refractivity contribution is 5.76. The maximum Gasteiger partial charge on any atom is 0.233 e. The number of unbranched alkanes of at least 4 members (excludes halogenated alkanes) is 9. The summed E-state index contributed by atoms with van der Waals surface area (Å²) in [5, 5.41) is 3.39. The van der Waals surface area contributed by atoms with Gasteiger partial charge in [-0.2, -0.15) is 0 Å². The molecule has 0 atom stereocenters. The maximum atomic E-state index is 10.4. The molecule has 2 nitrogen and oxygen atoms in total. The van der Waals surface area contributed by atoms with Crippen molar-refractivity contribution < 1.29 is 4.79 Å². The van der Waals surface area contributed by atoms with E-state index >= 15 is 0 Å². The lowest BCUT2D eigenvalue weighted by molar-refractivity contribution is 0.560. The number of hydrogen-bond acceptors (Lipinski definition) is 2. The highest BCUT2D eigenvalue weighted by Crippen LogP contribution is 2.11. The van der Waals surface area contributed by atoms with Crippen molar-refractivity contribution in [1.29, 1.82) is 0 Å². The molecule has 0 aromatic heterocycles. The first-order valence-corrected chi connectivity index (χ1v) is 8.59. The number of rotatable bonds is 13. The molecular formula is C19H30NO. The van der Waals surface area contributed by atoms with Crippen LogP contribution < -0.4 is 5.32 Å². The van der Waals surface area contributed by atoms with E-state index in [4.69, 9.17) is 0 Å². The molecule has 1 N–H and O–H groups in total. The third-order valence-electron chi connectivity index (χ3n) is 3.86. The molecule has 1 radical (unpaired) electrons. The van der Waals surface area contributed by atoms with Gasteiger partial charge in [-0.05, 0) is 30.7 Å². The van der Waals surface area contributed by atoms with E-state index in [9.17, 15) is 4.79 Å². The van der Waals surface area contributed by atoms with Gasteiger partial charge in [-0.15, -0.1) is 0 Å². The van der Waals surface area contributed by atoms with Crippen LogP contribution in [0.25, 0.3) is 0 Å². The van der Waals surface area contributed by atoms with Gasteiger partial charge in [0.1, 0.15) is 0 Å². The Hall–Kier alpha value is -1.31. The average molecular weight is 288 g/mol. The molecule has 0 saturated heterocycles. The molecule has 21 heavy (non-hydrogen) atoms. The zero-order valence-corrected chi connectivity index (χ0v) is 13.5. The molecule has 0 fully saturated rings. The van der Waals surface area contributed by atoms with Gasteiger partial charge in [0.25, 0.3) is 0 Å². The van der Waals surface area contributed by atoms with E-state index in [1.807, 2.05) is 18.4 Å². The van der Waals surface area contributed by atoms with Crippen LogP contribution in [0.5, 0.6) is 0 Å². The van der Waals surface area contributed by atoms with E-state index in [0.29, 0.717) is 5.56 Å². The third-order valence-corrected chi connectivity index (χ3v) is 3.86. The molecule has 1 rings (SSSR count). The van der Waals surface area contributed by atoms with Gasteiger partial charge in [-0.25, -0.2) is 0 Å². The van der Waals surface area contributed by atoms with Crippen molar-refractivity contribution in [2.45, 2.75) is 71.1 Å². The van der Waals surface area contributed by atoms with Gasteiger partial charge in [0.05, 0.1) is 0 Å². The number of nitrogens with one attached hydrogen (secondary N) is 1. The van der Waals surface area contributed by atoms with Gasteiger partial charge >= 0.3 is 0 Å². The molecule has 0 aliphatic carbocycles. The standard InChI is InChI=1S/C19H30NO/c1-2-3-4-5-6-7-8-9-10-11-16-20-19-14-12-18(17-21)13-15-19/h12-15,20H,2-11,16H2,1H3. The topological polar surface area (TPSA) is 29.1 Å². The number of hydrogen-bond donors (Lipinski definition) is 1. The normalized spacial score (nSPS) is 10.5. The zero-order valence-electron chi connectivity index (χ0n) is 13.5. The summed E-state index contributed by atoms with van der Waals surface area (Å²) in [4.78, 5) is 10.4. The second kappa shape index (κ2) is 12.4. The van der Waals surface area contributed by atoms with Crippen LogP contribution in [0.15, 0.2) is 24.3 Å². The van der Waals surface area contributed by atoms with Gasteiger partial charge in [-0.1, -0.05) is 64.7 Å². The lowest BCUT2D eigenvalue weighted by Crippen LogP contribution is -2.01. The lowest BCUT2D eigenvalue weighted by atomic mass is 10.1. The summed E-state index contributed by atoms with van der Waals surface area (Å²) in [7, 11) is 0. The van der Waals surface area contributed by atoms with E-state index in [1.165, 1.54) is 64.2 Å². The van der Waals surface area contributed by atoms with Crippen LogP contribution in [-0.4, -0.2) is 12.8 Å². The Morgan fingerprint density at radius 1 is 0.810 bits per heavy atom. The Labute approximate surface area is 130 Å². The molecule has 2 heteroatoms. The van der Waals surface area contributed by atoms with E-state index in [1.54, 1.807) is 12.1 Å². The van der Waals surface area contributed by atoms with Crippen LogP contribution in [0.2, 0.25) is 0 Å². The number of benzene rings is 1. The molecule has 0 amide bonds. The van der Waals surface area contributed by atoms with Gasteiger partial charge in [0, 0.05) is 17.8 Å². The lowest BCUT2D eigenvalue weighted by Gasteiger charge is -2.06. The Kier molecular flexibility index (Phi) is 10.5. The minimum atomic E-state index is 0.611. The minimum Gasteiger partial charge on any atom is -0.385 e. The van der Waals surface area contributed by atoms with Crippen molar-refractivity contribution >= 4 is 12.0 Å². The van der Waals surface area contributed by atoms with Crippen LogP contribution in [0.4, 0.5) is 5.69 Å². The van der Waals surface area contributed by atoms with E-state index < -0.39 is 0 Å². The quantitative estimate of drug-likeness (QED) is 0.487. The molecule has 0 saturated carbocycles. The summed E-state index contributed by atoms with van der Waals surface area (Å²) in [6.45, 7) is 3.28. The summed E-state index contributed by atoms with van der Waals surface area (Å²) in [5.41, 5.74) is 1.70. The zero-order chi connectivity index (χ0) is 15.2. The van der Waals surface area contributed by atoms with Crippen molar-refractivity contribution in [1.82, 2.24) is 0 Å². The average Bonchev–Trinajstić information content (AvgIpc) is 2.53. The summed E-state index contributed by atoms with van der Waals surface area (Å²) in [5.74, 6) is 0. The first-order valence-electron chi connectivity index (χ1n) is 8.59. The molecule has 0 spiro atoms. The molecule has 1 aromatic rings. The molecule has 1 aromatic carbocycles. The predicted molar refractivity (Wildman–Crippen MR) is 91.6 cm³/mol. The molecule has 0 aliphatic rings. The summed E-state index contributed by atoms with van der Waals surface area (Å²) in [6.07, 6.45) is 15.5. The highest BCUT2D eigenvalue weighted by Gasteiger charge is 1.95. The molecule has 0 bridgehead atoms. The fourth-order valence-electron chi connectivity index (χ4n) is 2.50. The minimum absolute atomic E-state index is 0.611. The van der Waals surface area contributed by atoms with Gasteiger partial charge in [-0.3, -0.25) is 4.79 Å². The smallest absolute Gasteiger partial charge is 0.233 e. The Bertz CT molecular complexity index is 358. The van der Waals surface area contributed by atoms with E-state index in [2.05, 4.69) is 12.2 Å². The van der Waals surface area contributed by atoms with Crippen molar-refractivity contribution in [2.75, 3.05) is 11.9 Å². The van der Waals surface area contributed by atoms with E-state index in [-0.39, 0.29) is 0 Å². The Morgan fingerprint density at radius 2 is 1.33 bits per heavy atom. The van der Waals surface area contributed by atoms with Gasteiger partial charge in [0.15, 0.2) is 0 Å². The molecule has 117 valence electrons.